The highest BCUT2D eigenvalue weighted by Gasteiger charge is 2.18. The second kappa shape index (κ2) is 2.33. The molecule has 0 aliphatic heterocycles. The molecule has 2 aromatic heterocycles. The van der Waals surface area contributed by atoms with Crippen molar-refractivity contribution in [2.45, 2.75) is 26.2 Å². The summed E-state index contributed by atoms with van der Waals surface area (Å²) in [6, 6.07) is 2.07. The van der Waals surface area contributed by atoms with Crippen molar-refractivity contribution in [2.24, 2.45) is 0 Å². The summed E-state index contributed by atoms with van der Waals surface area (Å²) in [5.74, 6) is 0. The third-order valence-corrected chi connectivity index (χ3v) is 2.80. The molecule has 2 rings (SSSR count). The van der Waals surface area contributed by atoms with E-state index in [0.717, 1.165) is 0 Å². The van der Waals surface area contributed by atoms with Crippen LogP contribution in [0.25, 0.3) is 5.52 Å². The zero-order valence-electron chi connectivity index (χ0n) is 7.53. The fourth-order valence-corrected chi connectivity index (χ4v) is 2.35. The van der Waals surface area contributed by atoms with Crippen LogP contribution in [0.4, 0.5) is 0 Å². The number of rotatable bonds is 0. The fourth-order valence-electron chi connectivity index (χ4n) is 1.29. The van der Waals surface area contributed by atoms with Gasteiger partial charge in [-0.05, 0) is 28.6 Å². The zero-order chi connectivity index (χ0) is 8.77. The van der Waals surface area contributed by atoms with Gasteiger partial charge in [-0.3, -0.25) is 0 Å². The molecule has 0 aliphatic rings. The van der Waals surface area contributed by atoms with Crippen LogP contribution in [0.2, 0.25) is 0 Å². The van der Waals surface area contributed by atoms with Crippen molar-refractivity contribution < 1.29 is 0 Å². The van der Waals surface area contributed by atoms with E-state index in [0.29, 0.717) is 0 Å². The summed E-state index contributed by atoms with van der Waals surface area (Å²) in [5, 5.41) is 6.37. The minimum Gasteiger partial charge on any atom is -0.186 e. The molecule has 0 N–H and O–H groups in total. The summed E-state index contributed by atoms with van der Waals surface area (Å²) in [6.07, 6.45) is 1.85. The van der Waals surface area contributed by atoms with Gasteiger partial charge in [0, 0.05) is 5.38 Å². The summed E-state index contributed by atoms with van der Waals surface area (Å²) < 4.78 is 1.96. The van der Waals surface area contributed by atoms with Gasteiger partial charge in [0.05, 0.1) is 11.7 Å². The van der Waals surface area contributed by atoms with Crippen LogP contribution < -0.4 is 0 Å². The molecule has 2 heterocycles. The highest BCUT2D eigenvalue weighted by atomic mass is 32.1. The molecular weight excluding hydrogens is 168 g/mol. The topological polar surface area (TPSA) is 17.3 Å². The fraction of sp³-hybridized carbons (Fsp3) is 0.444. The van der Waals surface area contributed by atoms with E-state index in [1.807, 2.05) is 10.1 Å². The standard InChI is InChI=1S/C9H12N2S/c1-9(2,3)7-6-12-11-8(7)4-5-10-11/h4-6H,1-3H3. The second-order valence-electron chi connectivity index (χ2n) is 3.98. The van der Waals surface area contributed by atoms with E-state index < -0.39 is 0 Å². The van der Waals surface area contributed by atoms with E-state index >= 15 is 0 Å². The monoisotopic (exact) mass is 180 g/mol. The Morgan fingerprint density at radius 2 is 2.17 bits per heavy atom. The Bertz CT molecular complexity index is 392. The molecule has 0 spiro atoms. The molecule has 0 aliphatic carbocycles. The summed E-state index contributed by atoms with van der Waals surface area (Å²) in [5.41, 5.74) is 2.85. The minimum atomic E-state index is 0.223. The zero-order valence-corrected chi connectivity index (χ0v) is 8.35. The molecule has 0 atom stereocenters. The van der Waals surface area contributed by atoms with Crippen LogP contribution >= 0.6 is 11.5 Å². The molecule has 0 bridgehead atoms. The molecular formula is C9H12N2S. The maximum absolute atomic E-state index is 4.19. The first-order valence-corrected chi connectivity index (χ1v) is 4.85. The Balaban J connectivity index is 2.69. The molecule has 12 heavy (non-hydrogen) atoms. The first-order valence-electron chi connectivity index (χ1n) is 4.01. The predicted molar refractivity (Wildman–Crippen MR) is 51.8 cm³/mol. The smallest absolute Gasteiger partial charge is 0.0828 e. The van der Waals surface area contributed by atoms with Gasteiger partial charge in [-0.2, -0.15) is 9.00 Å². The molecule has 0 fully saturated rings. The number of fused-ring (bicyclic) bond motifs is 1. The van der Waals surface area contributed by atoms with Crippen LogP contribution in [0.5, 0.6) is 0 Å². The van der Waals surface area contributed by atoms with Crippen molar-refractivity contribution in [1.29, 1.82) is 0 Å². The van der Waals surface area contributed by atoms with Crippen LogP contribution in [0, 0.1) is 0 Å². The largest absolute Gasteiger partial charge is 0.186 e. The first kappa shape index (κ1) is 7.80. The van der Waals surface area contributed by atoms with Gasteiger partial charge < -0.3 is 0 Å². The van der Waals surface area contributed by atoms with Crippen LogP contribution in [0.15, 0.2) is 17.6 Å². The summed E-state index contributed by atoms with van der Waals surface area (Å²) in [4.78, 5) is 0. The maximum Gasteiger partial charge on any atom is 0.0828 e. The second-order valence-corrected chi connectivity index (χ2v) is 4.77. The molecule has 0 radical (unpaired) electrons. The van der Waals surface area contributed by atoms with Gasteiger partial charge in [-0.1, -0.05) is 20.8 Å². The van der Waals surface area contributed by atoms with Crippen LogP contribution in [-0.2, 0) is 5.41 Å². The molecule has 0 saturated carbocycles. The predicted octanol–water partition coefficient (Wildman–Crippen LogP) is 2.69. The van der Waals surface area contributed by atoms with E-state index in [1.54, 1.807) is 11.5 Å². The van der Waals surface area contributed by atoms with Crippen molar-refractivity contribution in [3.63, 3.8) is 0 Å². The average Bonchev–Trinajstić information content (AvgIpc) is 2.37. The number of hydrogen-bond acceptors (Lipinski definition) is 2. The van der Waals surface area contributed by atoms with Gasteiger partial charge in [0.25, 0.3) is 0 Å². The summed E-state index contributed by atoms with van der Waals surface area (Å²) >= 11 is 1.65. The Morgan fingerprint density at radius 1 is 1.42 bits per heavy atom. The molecule has 0 amide bonds. The van der Waals surface area contributed by atoms with Crippen LogP contribution in [0.1, 0.15) is 26.3 Å². The van der Waals surface area contributed by atoms with E-state index in [1.165, 1.54) is 11.1 Å². The molecule has 0 saturated heterocycles. The molecule has 0 aromatic carbocycles. The van der Waals surface area contributed by atoms with Gasteiger partial charge in [-0.15, -0.1) is 0 Å². The first-order chi connectivity index (χ1) is 5.59. The van der Waals surface area contributed by atoms with Gasteiger partial charge in [0.15, 0.2) is 0 Å². The van der Waals surface area contributed by atoms with Crippen molar-refractivity contribution in [2.75, 3.05) is 0 Å². The molecule has 0 unspecified atom stereocenters. The lowest BCUT2D eigenvalue weighted by atomic mass is 9.89. The van der Waals surface area contributed by atoms with Crippen molar-refractivity contribution in [1.82, 2.24) is 9.00 Å². The van der Waals surface area contributed by atoms with Crippen LogP contribution in [-0.4, -0.2) is 9.00 Å². The highest BCUT2D eigenvalue weighted by molar-refractivity contribution is 7.04. The maximum atomic E-state index is 4.19. The Hall–Kier alpha value is -0.830. The van der Waals surface area contributed by atoms with Gasteiger partial charge in [0.1, 0.15) is 0 Å². The minimum absolute atomic E-state index is 0.223. The Kier molecular flexibility index (Phi) is 1.51. The number of hydrogen-bond donors (Lipinski definition) is 0. The van der Waals surface area contributed by atoms with Gasteiger partial charge in [-0.25, -0.2) is 0 Å². The quantitative estimate of drug-likeness (QED) is 0.609. The molecule has 64 valence electrons. The van der Waals surface area contributed by atoms with Crippen molar-refractivity contribution >= 4 is 17.0 Å². The highest BCUT2D eigenvalue weighted by Crippen LogP contribution is 2.28. The van der Waals surface area contributed by atoms with Crippen LogP contribution in [0.3, 0.4) is 0 Å². The Labute approximate surface area is 76.0 Å². The molecule has 3 heteroatoms. The van der Waals surface area contributed by atoms with E-state index in [4.69, 9.17) is 0 Å². The van der Waals surface area contributed by atoms with E-state index in [2.05, 4.69) is 37.3 Å². The average molecular weight is 180 g/mol. The van der Waals surface area contributed by atoms with Gasteiger partial charge in [0.2, 0.25) is 0 Å². The number of aromatic nitrogens is 2. The number of nitrogens with zero attached hydrogens (tertiary/aromatic N) is 2. The molecule has 2 aromatic rings. The Morgan fingerprint density at radius 3 is 2.83 bits per heavy atom. The summed E-state index contributed by atoms with van der Waals surface area (Å²) in [6.45, 7) is 6.67. The van der Waals surface area contributed by atoms with Crippen molar-refractivity contribution in [3.05, 3.63) is 23.2 Å². The van der Waals surface area contributed by atoms with Crippen molar-refractivity contribution in [3.8, 4) is 0 Å². The summed E-state index contributed by atoms with van der Waals surface area (Å²) in [7, 11) is 0. The normalized spacial score (nSPS) is 12.6. The SMILES string of the molecule is CC(C)(C)c1csn2nccc12. The molecule has 2 nitrogen and oxygen atoms in total. The lowest BCUT2D eigenvalue weighted by Gasteiger charge is -2.15. The lowest BCUT2D eigenvalue weighted by molar-refractivity contribution is 0.596. The van der Waals surface area contributed by atoms with Gasteiger partial charge >= 0.3 is 0 Å². The van der Waals surface area contributed by atoms with E-state index in [9.17, 15) is 0 Å². The third-order valence-electron chi connectivity index (χ3n) is 1.96. The lowest BCUT2D eigenvalue weighted by Crippen LogP contribution is -2.09. The third kappa shape index (κ3) is 1.05. The van der Waals surface area contributed by atoms with E-state index in [-0.39, 0.29) is 5.41 Å².